The summed E-state index contributed by atoms with van der Waals surface area (Å²) in [6, 6.07) is 0. The molecule has 0 N–H and O–H groups in total. The molecule has 0 aromatic rings. The average Bonchev–Trinajstić information content (AvgIpc) is 2.47. The molecule has 0 bridgehead atoms. The lowest BCUT2D eigenvalue weighted by molar-refractivity contribution is -0.0592. The second-order valence-electron chi connectivity index (χ2n) is 5.61. The molecule has 1 aliphatic heterocycles. The van der Waals surface area contributed by atoms with Crippen LogP contribution in [-0.4, -0.2) is 45.3 Å². The highest BCUT2D eigenvalue weighted by atomic mass is 32.2. The van der Waals surface area contributed by atoms with Crippen molar-refractivity contribution in [2.45, 2.75) is 39.9 Å². The third kappa shape index (κ3) is 5.36. The summed E-state index contributed by atoms with van der Waals surface area (Å²) in [4.78, 5) is 0. The lowest BCUT2D eigenvalue weighted by Gasteiger charge is -2.21. The normalized spacial score (nSPS) is 28.1. The van der Waals surface area contributed by atoms with Crippen LogP contribution in [0.1, 0.15) is 27.7 Å². The Morgan fingerprint density at radius 3 is 1.59 bits per heavy atom. The van der Waals surface area contributed by atoms with Crippen molar-refractivity contribution in [3.63, 3.8) is 0 Å². The predicted octanol–water partition coefficient (Wildman–Crippen LogP) is 1.50. The molecule has 0 aromatic heterocycles. The molecular weight excluding hydrogens is 240 g/mol. The van der Waals surface area contributed by atoms with Crippen molar-refractivity contribution in [2.75, 3.05) is 24.7 Å². The van der Waals surface area contributed by atoms with Crippen LogP contribution in [0.25, 0.3) is 0 Å². The lowest BCUT2D eigenvalue weighted by atomic mass is 10.2. The molecule has 1 aliphatic rings. The van der Waals surface area contributed by atoms with E-state index in [9.17, 15) is 8.42 Å². The van der Waals surface area contributed by atoms with E-state index in [0.29, 0.717) is 25.0 Å². The second-order valence-corrected chi connectivity index (χ2v) is 7.76. The molecule has 5 heteroatoms. The molecule has 17 heavy (non-hydrogen) atoms. The van der Waals surface area contributed by atoms with E-state index in [0.717, 1.165) is 0 Å². The van der Waals surface area contributed by atoms with Crippen molar-refractivity contribution >= 4 is 9.84 Å². The summed E-state index contributed by atoms with van der Waals surface area (Å²) in [7, 11) is -2.99. The summed E-state index contributed by atoms with van der Waals surface area (Å²) in [6.07, 6.45) is -0.581. The van der Waals surface area contributed by atoms with Gasteiger partial charge >= 0.3 is 0 Å². The van der Waals surface area contributed by atoms with Crippen molar-refractivity contribution in [2.24, 2.45) is 11.8 Å². The highest BCUT2D eigenvalue weighted by molar-refractivity contribution is 7.91. The fraction of sp³-hybridized carbons (Fsp3) is 1.00. The minimum absolute atomic E-state index is 0.0997. The van der Waals surface area contributed by atoms with Crippen molar-refractivity contribution in [3.8, 4) is 0 Å². The van der Waals surface area contributed by atoms with E-state index in [2.05, 4.69) is 0 Å². The summed E-state index contributed by atoms with van der Waals surface area (Å²) < 4.78 is 34.4. The first-order valence-electron chi connectivity index (χ1n) is 6.24. The minimum Gasteiger partial charge on any atom is -0.374 e. The van der Waals surface area contributed by atoms with Crippen LogP contribution in [0.15, 0.2) is 0 Å². The molecule has 2 unspecified atom stereocenters. The van der Waals surface area contributed by atoms with Gasteiger partial charge in [-0.2, -0.15) is 0 Å². The molecule has 1 heterocycles. The second kappa shape index (κ2) is 6.16. The lowest BCUT2D eigenvalue weighted by Crippen LogP contribution is -2.32. The van der Waals surface area contributed by atoms with Gasteiger partial charge < -0.3 is 9.47 Å². The third-order valence-corrected chi connectivity index (χ3v) is 4.21. The van der Waals surface area contributed by atoms with Crippen molar-refractivity contribution in [1.29, 1.82) is 0 Å². The van der Waals surface area contributed by atoms with Gasteiger partial charge in [0.1, 0.15) is 0 Å². The monoisotopic (exact) mass is 264 g/mol. The molecule has 1 fully saturated rings. The minimum atomic E-state index is -2.99. The number of sulfone groups is 1. The van der Waals surface area contributed by atoms with Crippen LogP contribution in [-0.2, 0) is 19.3 Å². The van der Waals surface area contributed by atoms with Gasteiger partial charge in [0.2, 0.25) is 0 Å². The SMILES string of the molecule is CC(C)COC1CS(=O)(=O)CC1OCC(C)C. The number of hydrogen-bond acceptors (Lipinski definition) is 4. The van der Waals surface area contributed by atoms with Gasteiger partial charge in [0.25, 0.3) is 0 Å². The van der Waals surface area contributed by atoms with Crippen LogP contribution in [0.5, 0.6) is 0 Å². The standard InChI is InChI=1S/C12H24O4S/c1-9(2)5-15-11-7-17(13,14)8-12(11)16-6-10(3)4/h9-12H,5-8H2,1-4H3. The summed E-state index contributed by atoms with van der Waals surface area (Å²) >= 11 is 0. The van der Waals surface area contributed by atoms with E-state index in [1.54, 1.807) is 0 Å². The fourth-order valence-corrected chi connectivity index (χ4v) is 3.49. The number of hydrogen-bond donors (Lipinski definition) is 0. The Kier molecular flexibility index (Phi) is 5.41. The summed E-state index contributed by atoms with van der Waals surface area (Å²) in [5.41, 5.74) is 0. The highest BCUT2D eigenvalue weighted by Crippen LogP contribution is 2.20. The van der Waals surface area contributed by atoms with Crippen LogP contribution < -0.4 is 0 Å². The Bertz CT molecular complexity index is 295. The zero-order valence-electron chi connectivity index (χ0n) is 11.2. The van der Waals surface area contributed by atoms with E-state index in [1.165, 1.54) is 0 Å². The van der Waals surface area contributed by atoms with Gasteiger partial charge in [0.15, 0.2) is 9.84 Å². The van der Waals surface area contributed by atoms with Gasteiger partial charge in [0.05, 0.1) is 23.7 Å². The van der Waals surface area contributed by atoms with Gasteiger partial charge in [-0.15, -0.1) is 0 Å². The van der Waals surface area contributed by atoms with E-state index in [-0.39, 0.29) is 23.7 Å². The third-order valence-electron chi connectivity index (χ3n) is 2.54. The van der Waals surface area contributed by atoms with Gasteiger partial charge in [-0.1, -0.05) is 27.7 Å². The van der Waals surface area contributed by atoms with E-state index >= 15 is 0 Å². The molecule has 4 nitrogen and oxygen atoms in total. The molecule has 0 radical (unpaired) electrons. The van der Waals surface area contributed by atoms with Crippen molar-refractivity contribution < 1.29 is 17.9 Å². The Morgan fingerprint density at radius 1 is 0.941 bits per heavy atom. The Hall–Kier alpha value is -0.130. The van der Waals surface area contributed by atoms with Crippen molar-refractivity contribution in [1.82, 2.24) is 0 Å². The molecule has 0 aromatic carbocycles. The van der Waals surface area contributed by atoms with E-state index < -0.39 is 9.84 Å². The van der Waals surface area contributed by atoms with Crippen LogP contribution in [0, 0.1) is 11.8 Å². The van der Waals surface area contributed by atoms with Gasteiger partial charge in [-0.25, -0.2) is 8.42 Å². The molecule has 1 saturated heterocycles. The zero-order valence-corrected chi connectivity index (χ0v) is 12.0. The smallest absolute Gasteiger partial charge is 0.155 e. The topological polar surface area (TPSA) is 52.6 Å². The first-order chi connectivity index (χ1) is 7.80. The molecule has 1 rings (SSSR count). The van der Waals surface area contributed by atoms with E-state index in [1.807, 2.05) is 27.7 Å². The maximum Gasteiger partial charge on any atom is 0.155 e. The summed E-state index contributed by atoms with van der Waals surface area (Å²) in [6.45, 7) is 9.37. The number of rotatable bonds is 6. The zero-order chi connectivity index (χ0) is 13.1. The predicted molar refractivity (Wildman–Crippen MR) is 67.8 cm³/mol. The molecule has 0 saturated carbocycles. The van der Waals surface area contributed by atoms with Gasteiger partial charge in [0, 0.05) is 13.2 Å². The maximum absolute atomic E-state index is 11.6. The Balaban J connectivity index is 2.52. The first-order valence-corrected chi connectivity index (χ1v) is 8.06. The summed E-state index contributed by atoms with van der Waals surface area (Å²) in [5, 5.41) is 0. The molecule has 0 amide bonds. The molecular formula is C12H24O4S. The first kappa shape index (κ1) is 14.9. The fourth-order valence-electron chi connectivity index (χ4n) is 1.73. The van der Waals surface area contributed by atoms with Gasteiger partial charge in [-0.05, 0) is 11.8 Å². The number of ether oxygens (including phenoxy) is 2. The quantitative estimate of drug-likeness (QED) is 0.729. The van der Waals surface area contributed by atoms with Gasteiger partial charge in [-0.3, -0.25) is 0 Å². The molecule has 0 spiro atoms. The average molecular weight is 264 g/mol. The summed E-state index contributed by atoms with van der Waals surface area (Å²) in [5.74, 6) is 1.01. The van der Waals surface area contributed by atoms with Crippen molar-refractivity contribution in [3.05, 3.63) is 0 Å². The van der Waals surface area contributed by atoms with E-state index in [4.69, 9.17) is 9.47 Å². The van der Waals surface area contributed by atoms with Crippen LogP contribution in [0.2, 0.25) is 0 Å². The van der Waals surface area contributed by atoms with Crippen LogP contribution in [0.4, 0.5) is 0 Å². The largest absolute Gasteiger partial charge is 0.374 e. The Morgan fingerprint density at radius 2 is 1.29 bits per heavy atom. The highest BCUT2D eigenvalue weighted by Gasteiger charge is 2.39. The maximum atomic E-state index is 11.6. The Labute approximate surface area is 105 Å². The molecule has 102 valence electrons. The molecule has 0 aliphatic carbocycles. The molecule has 2 atom stereocenters. The van der Waals surface area contributed by atoms with Crippen LogP contribution in [0.3, 0.4) is 0 Å². The van der Waals surface area contributed by atoms with Crippen LogP contribution >= 0.6 is 0 Å².